The predicted octanol–water partition coefficient (Wildman–Crippen LogP) is 3.00. The lowest BCUT2D eigenvalue weighted by Gasteiger charge is -2.09. The van der Waals surface area contributed by atoms with Gasteiger partial charge in [-0.25, -0.2) is 0 Å². The fourth-order valence-electron chi connectivity index (χ4n) is 3.62. The Morgan fingerprint density at radius 3 is 2.76 bits per heavy atom. The van der Waals surface area contributed by atoms with Gasteiger partial charge in [-0.2, -0.15) is 0 Å². The Balaban J connectivity index is 2.02. The number of carbonyl (C=O) groups is 1. The van der Waals surface area contributed by atoms with Crippen LogP contribution in [0.2, 0.25) is 0 Å². The van der Waals surface area contributed by atoms with Crippen LogP contribution in [0.15, 0.2) is 18.2 Å². The third kappa shape index (κ3) is 1.43. The predicted molar refractivity (Wildman–Crippen MR) is 66.1 cm³/mol. The number of aryl methyl sites for hydroxylation is 1. The lowest BCUT2D eigenvalue weighted by Crippen LogP contribution is -2.03. The summed E-state index contributed by atoms with van der Waals surface area (Å²) in [4.78, 5) is 11.3. The van der Waals surface area contributed by atoms with Gasteiger partial charge in [0.05, 0.1) is 5.92 Å². The van der Waals surface area contributed by atoms with Gasteiger partial charge in [-0.1, -0.05) is 32.0 Å². The molecule has 90 valence electrons. The number of carboxylic acids is 1. The van der Waals surface area contributed by atoms with Gasteiger partial charge in [-0.05, 0) is 41.4 Å². The van der Waals surface area contributed by atoms with Crippen molar-refractivity contribution in [2.75, 3.05) is 0 Å². The molecule has 17 heavy (non-hydrogen) atoms. The van der Waals surface area contributed by atoms with E-state index in [0.717, 1.165) is 12.8 Å². The van der Waals surface area contributed by atoms with E-state index >= 15 is 0 Å². The highest BCUT2D eigenvalue weighted by Crippen LogP contribution is 2.65. The minimum atomic E-state index is -0.643. The monoisotopic (exact) mass is 230 g/mol. The highest BCUT2D eigenvalue weighted by Gasteiger charge is 2.63. The van der Waals surface area contributed by atoms with Gasteiger partial charge in [-0.3, -0.25) is 4.79 Å². The van der Waals surface area contributed by atoms with Crippen molar-refractivity contribution in [2.24, 2.45) is 11.3 Å². The minimum absolute atomic E-state index is 0.0798. The molecule has 2 aliphatic rings. The number of benzene rings is 1. The maximum absolute atomic E-state index is 11.3. The summed E-state index contributed by atoms with van der Waals surface area (Å²) in [5.74, 6) is -0.627. The fourth-order valence-corrected chi connectivity index (χ4v) is 3.62. The summed E-state index contributed by atoms with van der Waals surface area (Å²) in [5.41, 5.74) is 4.10. The van der Waals surface area contributed by atoms with Crippen molar-refractivity contribution in [3.05, 3.63) is 34.9 Å². The van der Waals surface area contributed by atoms with Crippen LogP contribution in [-0.4, -0.2) is 11.1 Å². The van der Waals surface area contributed by atoms with Crippen LogP contribution >= 0.6 is 0 Å². The van der Waals surface area contributed by atoms with Gasteiger partial charge in [0.15, 0.2) is 0 Å². The molecule has 2 nitrogen and oxygen atoms in total. The molecular formula is C15H18O2. The van der Waals surface area contributed by atoms with E-state index in [1.54, 1.807) is 0 Å². The smallest absolute Gasteiger partial charge is 0.307 e. The summed E-state index contributed by atoms with van der Waals surface area (Å²) < 4.78 is 0. The summed E-state index contributed by atoms with van der Waals surface area (Å²) in [5, 5.41) is 9.27. The average molecular weight is 230 g/mol. The third-order valence-corrected chi connectivity index (χ3v) is 4.61. The van der Waals surface area contributed by atoms with Crippen LogP contribution in [0.3, 0.4) is 0 Å². The molecule has 1 fully saturated rings. The highest BCUT2D eigenvalue weighted by atomic mass is 16.4. The molecule has 1 saturated carbocycles. The van der Waals surface area contributed by atoms with Crippen molar-refractivity contribution in [1.29, 1.82) is 0 Å². The molecule has 1 N–H and O–H groups in total. The Labute approximate surface area is 102 Å². The van der Waals surface area contributed by atoms with Crippen molar-refractivity contribution < 1.29 is 9.90 Å². The zero-order chi connectivity index (χ0) is 12.2. The topological polar surface area (TPSA) is 37.3 Å². The first-order valence-corrected chi connectivity index (χ1v) is 6.37. The van der Waals surface area contributed by atoms with Crippen molar-refractivity contribution in [3.63, 3.8) is 0 Å². The average Bonchev–Trinajstić information content (AvgIpc) is 2.65. The van der Waals surface area contributed by atoms with Gasteiger partial charge in [0, 0.05) is 5.92 Å². The third-order valence-electron chi connectivity index (χ3n) is 4.61. The molecular weight excluding hydrogens is 212 g/mol. The Morgan fingerprint density at radius 2 is 2.12 bits per heavy atom. The molecule has 2 atom stereocenters. The van der Waals surface area contributed by atoms with Crippen LogP contribution in [0.4, 0.5) is 0 Å². The number of hydrogen-bond acceptors (Lipinski definition) is 1. The number of carboxylic acid groups (broad SMARTS) is 1. The standard InChI is InChI=1S/C15H18O2/c1-15(2)12(13(15)14(16)17)11-8-4-6-9-5-3-7-10(9)11/h4,6,8,12-13H,3,5,7H2,1-2H3,(H,16,17)/t12-,13+/m1/s1. The highest BCUT2D eigenvalue weighted by molar-refractivity contribution is 5.78. The molecule has 0 spiro atoms. The van der Waals surface area contributed by atoms with Gasteiger partial charge in [-0.15, -0.1) is 0 Å². The molecule has 0 aromatic heterocycles. The van der Waals surface area contributed by atoms with Gasteiger partial charge >= 0.3 is 5.97 Å². The van der Waals surface area contributed by atoms with E-state index in [1.807, 2.05) is 0 Å². The Morgan fingerprint density at radius 1 is 1.35 bits per heavy atom. The van der Waals surface area contributed by atoms with Gasteiger partial charge in [0.1, 0.15) is 0 Å². The molecule has 3 rings (SSSR count). The minimum Gasteiger partial charge on any atom is -0.481 e. The lowest BCUT2D eigenvalue weighted by atomic mass is 9.96. The van der Waals surface area contributed by atoms with E-state index < -0.39 is 5.97 Å². The number of aliphatic carboxylic acids is 1. The van der Waals surface area contributed by atoms with Gasteiger partial charge in [0.2, 0.25) is 0 Å². The second-order valence-corrected chi connectivity index (χ2v) is 5.95. The largest absolute Gasteiger partial charge is 0.481 e. The van der Waals surface area contributed by atoms with Crippen molar-refractivity contribution in [1.82, 2.24) is 0 Å². The van der Waals surface area contributed by atoms with E-state index in [-0.39, 0.29) is 17.3 Å². The Bertz CT molecular complexity index is 488. The van der Waals surface area contributed by atoms with Crippen molar-refractivity contribution in [3.8, 4) is 0 Å². The molecule has 0 bridgehead atoms. The first-order valence-electron chi connectivity index (χ1n) is 6.37. The molecule has 0 radical (unpaired) electrons. The molecule has 0 unspecified atom stereocenters. The van der Waals surface area contributed by atoms with Crippen molar-refractivity contribution >= 4 is 5.97 Å². The normalized spacial score (nSPS) is 28.8. The van der Waals surface area contributed by atoms with Crippen LogP contribution in [-0.2, 0) is 17.6 Å². The summed E-state index contributed by atoms with van der Waals surface area (Å²) in [7, 11) is 0. The molecule has 2 heteroatoms. The van der Waals surface area contributed by atoms with E-state index in [1.165, 1.54) is 23.1 Å². The Kier molecular flexibility index (Phi) is 2.13. The van der Waals surface area contributed by atoms with Crippen LogP contribution in [0.25, 0.3) is 0 Å². The molecule has 2 aliphatic carbocycles. The molecule has 0 amide bonds. The molecule has 0 saturated heterocycles. The van der Waals surface area contributed by atoms with E-state index in [2.05, 4.69) is 32.0 Å². The van der Waals surface area contributed by atoms with Crippen LogP contribution in [0.5, 0.6) is 0 Å². The van der Waals surface area contributed by atoms with Gasteiger partial charge in [0.25, 0.3) is 0 Å². The maximum Gasteiger partial charge on any atom is 0.307 e. The van der Waals surface area contributed by atoms with Gasteiger partial charge < -0.3 is 5.11 Å². The molecule has 1 aromatic carbocycles. The van der Waals surface area contributed by atoms with E-state index in [9.17, 15) is 9.90 Å². The summed E-state index contributed by atoms with van der Waals surface area (Å²) in [6.45, 7) is 4.15. The summed E-state index contributed by atoms with van der Waals surface area (Å²) in [6.07, 6.45) is 3.51. The summed E-state index contributed by atoms with van der Waals surface area (Å²) >= 11 is 0. The quantitative estimate of drug-likeness (QED) is 0.848. The lowest BCUT2D eigenvalue weighted by molar-refractivity contribution is -0.139. The SMILES string of the molecule is CC1(C)[C@H](C(=O)O)[C@H]1c1cccc2c1CCC2. The Hall–Kier alpha value is -1.31. The number of rotatable bonds is 2. The zero-order valence-corrected chi connectivity index (χ0v) is 10.4. The second kappa shape index (κ2) is 3.34. The molecule has 0 aliphatic heterocycles. The van der Waals surface area contributed by atoms with Crippen LogP contribution < -0.4 is 0 Å². The first-order chi connectivity index (χ1) is 8.03. The number of fused-ring (bicyclic) bond motifs is 1. The molecule has 1 aromatic rings. The van der Waals surface area contributed by atoms with Crippen LogP contribution in [0, 0.1) is 11.3 Å². The fraction of sp³-hybridized carbons (Fsp3) is 0.533. The molecule has 0 heterocycles. The second-order valence-electron chi connectivity index (χ2n) is 5.95. The van der Waals surface area contributed by atoms with E-state index in [0.29, 0.717) is 0 Å². The van der Waals surface area contributed by atoms with Crippen molar-refractivity contribution in [2.45, 2.75) is 39.0 Å². The van der Waals surface area contributed by atoms with E-state index in [4.69, 9.17) is 0 Å². The summed E-state index contributed by atoms with van der Waals surface area (Å²) in [6, 6.07) is 6.42. The maximum atomic E-state index is 11.3. The number of hydrogen-bond donors (Lipinski definition) is 1. The first kappa shape index (κ1) is 10.8. The van der Waals surface area contributed by atoms with Crippen LogP contribution in [0.1, 0.15) is 42.9 Å². The zero-order valence-electron chi connectivity index (χ0n) is 10.4.